The molecule has 0 aromatic heterocycles. The fourth-order valence-electron chi connectivity index (χ4n) is 4.91. The first-order valence-corrected chi connectivity index (χ1v) is 11.0. The number of aliphatic hydroxyl groups excluding tert-OH is 1. The summed E-state index contributed by atoms with van der Waals surface area (Å²) >= 11 is 0. The van der Waals surface area contributed by atoms with Crippen LogP contribution in [0.25, 0.3) is 5.57 Å². The molecule has 0 saturated carbocycles. The van der Waals surface area contributed by atoms with E-state index < -0.39 is 0 Å². The molecule has 0 unspecified atom stereocenters. The summed E-state index contributed by atoms with van der Waals surface area (Å²) in [6.45, 7) is 14.1. The Bertz CT molecular complexity index is 830. The first kappa shape index (κ1) is 21.1. The maximum atomic E-state index is 9.12. The fraction of sp³-hybridized carbons (Fsp3) is 0.556. The van der Waals surface area contributed by atoms with E-state index in [9.17, 15) is 0 Å². The minimum Gasteiger partial charge on any atom is -0.392 e. The smallest absolute Gasteiger partial charge is 0.0617 e. The number of aryl methyl sites for hydroxylation is 1. The normalized spacial score (nSPS) is 21.9. The molecular weight excluding hydrogens is 340 g/mol. The van der Waals surface area contributed by atoms with E-state index in [2.05, 4.69) is 65.8 Å². The lowest BCUT2D eigenvalue weighted by molar-refractivity contribution is 0.331. The second-order valence-electron chi connectivity index (χ2n) is 10.2. The molecule has 1 aromatic rings. The zero-order valence-corrected chi connectivity index (χ0v) is 18.8. The quantitative estimate of drug-likeness (QED) is 0.551. The maximum Gasteiger partial charge on any atom is 0.0617 e. The predicted octanol–water partition coefficient (Wildman–Crippen LogP) is 7.17. The highest BCUT2D eigenvalue weighted by Gasteiger charge is 2.37. The van der Waals surface area contributed by atoms with E-state index in [-0.39, 0.29) is 17.4 Å². The van der Waals surface area contributed by atoms with E-state index in [1.165, 1.54) is 48.8 Å². The average Bonchev–Trinajstić information content (AvgIpc) is 2.64. The Morgan fingerprint density at radius 2 is 1.61 bits per heavy atom. The van der Waals surface area contributed by atoms with Crippen molar-refractivity contribution < 1.29 is 5.11 Å². The number of allylic oxidation sites excluding steroid dienone is 5. The summed E-state index contributed by atoms with van der Waals surface area (Å²) in [5.41, 5.74) is 10.7. The molecular formula is C27H38O. The van der Waals surface area contributed by atoms with Crippen molar-refractivity contribution in [2.24, 2.45) is 0 Å². The van der Waals surface area contributed by atoms with E-state index in [4.69, 9.17) is 5.11 Å². The van der Waals surface area contributed by atoms with E-state index in [0.717, 1.165) is 12.0 Å². The molecule has 0 saturated heterocycles. The number of rotatable bonds is 4. The van der Waals surface area contributed by atoms with Gasteiger partial charge < -0.3 is 5.11 Å². The van der Waals surface area contributed by atoms with Crippen molar-refractivity contribution in [2.45, 2.75) is 90.9 Å². The van der Waals surface area contributed by atoms with Crippen molar-refractivity contribution in [3.05, 3.63) is 63.8 Å². The van der Waals surface area contributed by atoms with Gasteiger partial charge in [0, 0.05) is 0 Å². The molecule has 1 N–H and O–H groups in total. The lowest BCUT2D eigenvalue weighted by Crippen LogP contribution is -2.34. The summed E-state index contributed by atoms with van der Waals surface area (Å²) in [6, 6.07) is 5.03. The maximum absolute atomic E-state index is 9.12. The van der Waals surface area contributed by atoms with Gasteiger partial charge in [0.2, 0.25) is 0 Å². The highest BCUT2D eigenvalue weighted by atomic mass is 16.2. The van der Waals surface area contributed by atoms with Crippen LogP contribution in [0.3, 0.4) is 0 Å². The monoisotopic (exact) mass is 378 g/mol. The molecule has 1 nitrogen and oxygen atoms in total. The van der Waals surface area contributed by atoms with E-state index in [0.29, 0.717) is 0 Å². The van der Waals surface area contributed by atoms with Gasteiger partial charge in [-0.1, -0.05) is 63.6 Å². The third kappa shape index (κ3) is 4.20. The number of aliphatic hydroxyl groups is 1. The molecule has 0 bridgehead atoms. The molecule has 3 rings (SSSR count). The molecule has 28 heavy (non-hydrogen) atoms. The number of hydrogen-bond donors (Lipinski definition) is 1. The van der Waals surface area contributed by atoms with Crippen molar-refractivity contribution in [3.8, 4) is 0 Å². The summed E-state index contributed by atoms with van der Waals surface area (Å²) in [4.78, 5) is 0. The van der Waals surface area contributed by atoms with Crippen LogP contribution in [0, 0.1) is 6.92 Å². The van der Waals surface area contributed by atoms with Gasteiger partial charge in [0.05, 0.1) is 6.61 Å². The molecule has 2 aliphatic carbocycles. The molecule has 1 aromatic carbocycles. The van der Waals surface area contributed by atoms with Gasteiger partial charge in [-0.05, 0) is 96.6 Å². The largest absolute Gasteiger partial charge is 0.392 e. The van der Waals surface area contributed by atoms with Crippen LogP contribution in [0.4, 0.5) is 0 Å². The van der Waals surface area contributed by atoms with Gasteiger partial charge in [0.25, 0.3) is 0 Å². The molecule has 0 heterocycles. The van der Waals surface area contributed by atoms with Crippen LogP contribution < -0.4 is 0 Å². The average molecular weight is 379 g/mol. The van der Waals surface area contributed by atoms with Crippen LogP contribution >= 0.6 is 0 Å². The Balaban J connectivity index is 2.12. The highest BCUT2D eigenvalue weighted by molar-refractivity contribution is 5.75. The lowest BCUT2D eigenvalue weighted by Gasteiger charge is -2.42. The van der Waals surface area contributed by atoms with Gasteiger partial charge in [-0.3, -0.25) is 0 Å². The molecule has 0 amide bonds. The summed E-state index contributed by atoms with van der Waals surface area (Å²) in [7, 11) is 0. The first-order chi connectivity index (χ1) is 13.2. The molecule has 1 heteroatoms. The van der Waals surface area contributed by atoms with Gasteiger partial charge in [-0.25, -0.2) is 0 Å². The summed E-state index contributed by atoms with van der Waals surface area (Å²) < 4.78 is 0. The number of fused-ring (bicyclic) bond motifs is 1. The van der Waals surface area contributed by atoms with Crippen molar-refractivity contribution in [2.75, 3.05) is 6.61 Å². The fourth-order valence-corrected chi connectivity index (χ4v) is 4.91. The molecule has 152 valence electrons. The Morgan fingerprint density at radius 1 is 1.00 bits per heavy atom. The molecule has 0 atom stereocenters. The van der Waals surface area contributed by atoms with E-state index in [1.54, 1.807) is 16.7 Å². The third-order valence-corrected chi connectivity index (χ3v) is 6.99. The predicted molar refractivity (Wildman–Crippen MR) is 122 cm³/mol. The second kappa shape index (κ2) is 8.03. The van der Waals surface area contributed by atoms with Crippen molar-refractivity contribution in [1.82, 2.24) is 0 Å². The van der Waals surface area contributed by atoms with Crippen molar-refractivity contribution >= 4 is 5.57 Å². The van der Waals surface area contributed by atoms with Gasteiger partial charge in [-0.2, -0.15) is 0 Å². The van der Waals surface area contributed by atoms with E-state index >= 15 is 0 Å². The molecule has 0 fully saturated rings. The van der Waals surface area contributed by atoms with Crippen LogP contribution in [0.2, 0.25) is 0 Å². The van der Waals surface area contributed by atoms with Gasteiger partial charge >= 0.3 is 0 Å². The molecule has 2 aliphatic rings. The Morgan fingerprint density at radius 3 is 2.25 bits per heavy atom. The van der Waals surface area contributed by atoms with Crippen molar-refractivity contribution in [3.63, 3.8) is 0 Å². The Labute approximate surface area is 172 Å². The van der Waals surface area contributed by atoms with Crippen molar-refractivity contribution in [1.29, 1.82) is 0 Å². The molecule has 0 spiro atoms. The van der Waals surface area contributed by atoms with Crippen LogP contribution in [0.1, 0.15) is 95.4 Å². The van der Waals surface area contributed by atoms with Crippen LogP contribution in [0.5, 0.6) is 0 Å². The van der Waals surface area contributed by atoms with Gasteiger partial charge in [0.15, 0.2) is 0 Å². The summed E-state index contributed by atoms with van der Waals surface area (Å²) in [6.07, 6.45) is 13.7. The van der Waals surface area contributed by atoms with Gasteiger partial charge in [0.1, 0.15) is 0 Å². The zero-order valence-electron chi connectivity index (χ0n) is 18.8. The van der Waals surface area contributed by atoms with Crippen LogP contribution in [0.15, 0.2) is 41.5 Å². The summed E-state index contributed by atoms with van der Waals surface area (Å²) in [5.74, 6) is 0. The number of benzene rings is 1. The highest BCUT2D eigenvalue weighted by Crippen LogP contribution is 2.48. The molecule has 0 aliphatic heterocycles. The molecule has 0 radical (unpaired) electrons. The second-order valence-corrected chi connectivity index (χ2v) is 10.2. The Hall–Kier alpha value is -1.60. The standard InChI is InChI=1S/C27H38O/c1-19(13-16-28)11-12-21-9-7-8-10-22(21)23-18-25-24(17-20(23)2)26(3,4)14-15-27(25,5)6/h11-13,17-18,28H,7-10,14-16H2,1-6H3/b12-11+,19-13+. The van der Waals surface area contributed by atoms with E-state index in [1.807, 2.05) is 6.08 Å². The van der Waals surface area contributed by atoms with Crippen LogP contribution in [-0.4, -0.2) is 11.7 Å². The SMILES string of the molecule is CC(/C=C/C1=C(c2cc3c(cc2C)C(C)(C)CCC3(C)C)CCCC1)=C\CO. The first-order valence-electron chi connectivity index (χ1n) is 11.0. The topological polar surface area (TPSA) is 20.2 Å². The zero-order chi connectivity index (χ0) is 20.5. The lowest BCUT2D eigenvalue weighted by atomic mass is 9.62. The summed E-state index contributed by atoms with van der Waals surface area (Å²) in [5, 5.41) is 9.12. The number of hydrogen-bond acceptors (Lipinski definition) is 1. The minimum absolute atomic E-state index is 0.108. The minimum atomic E-state index is 0.108. The van der Waals surface area contributed by atoms with Crippen LogP contribution in [-0.2, 0) is 10.8 Å². The van der Waals surface area contributed by atoms with Gasteiger partial charge in [-0.15, -0.1) is 0 Å². The Kier molecular flexibility index (Phi) is 6.05. The third-order valence-electron chi connectivity index (χ3n) is 6.99.